The molecule has 4 rings (SSSR count). The van der Waals surface area contributed by atoms with Crippen LogP contribution in [-0.2, 0) is 15.8 Å². The first-order valence-electron chi connectivity index (χ1n) is 6.39. The number of rotatable bonds is 0. The standard InChI is InChI=1S/C13H16ClNOS/c14-10-7-9-11(17-10)12(1-2-12)8-16-13(9)3-5-15-6-4-13/h7,15H,1-6,8H2. The first kappa shape index (κ1) is 10.8. The van der Waals surface area contributed by atoms with Gasteiger partial charge in [-0.2, -0.15) is 0 Å². The van der Waals surface area contributed by atoms with Crippen molar-refractivity contribution in [2.75, 3.05) is 19.7 Å². The number of ether oxygens (including phenoxy) is 1. The summed E-state index contributed by atoms with van der Waals surface area (Å²) in [4.78, 5) is 1.54. The van der Waals surface area contributed by atoms with Gasteiger partial charge < -0.3 is 10.1 Å². The van der Waals surface area contributed by atoms with Gasteiger partial charge >= 0.3 is 0 Å². The predicted molar refractivity (Wildman–Crippen MR) is 70.0 cm³/mol. The van der Waals surface area contributed by atoms with Gasteiger partial charge in [-0.1, -0.05) is 11.6 Å². The molecule has 4 heteroatoms. The second-order valence-corrected chi connectivity index (χ2v) is 7.29. The number of hydrogen-bond acceptors (Lipinski definition) is 3. The van der Waals surface area contributed by atoms with Crippen LogP contribution >= 0.6 is 22.9 Å². The molecule has 1 aromatic heterocycles. The Morgan fingerprint density at radius 2 is 2.00 bits per heavy atom. The maximum atomic E-state index is 6.33. The first-order chi connectivity index (χ1) is 8.24. The van der Waals surface area contributed by atoms with Crippen LogP contribution in [0.2, 0.25) is 4.34 Å². The van der Waals surface area contributed by atoms with Crippen LogP contribution in [0.25, 0.3) is 0 Å². The molecule has 0 bridgehead atoms. The van der Waals surface area contributed by atoms with E-state index in [4.69, 9.17) is 16.3 Å². The van der Waals surface area contributed by atoms with Crippen LogP contribution in [0.15, 0.2) is 6.07 Å². The van der Waals surface area contributed by atoms with E-state index in [2.05, 4.69) is 11.4 Å². The Kier molecular flexibility index (Phi) is 2.21. The molecule has 0 amide bonds. The summed E-state index contributed by atoms with van der Waals surface area (Å²) in [5.74, 6) is 0. The minimum atomic E-state index is -0.0297. The third-order valence-corrected chi connectivity index (χ3v) is 6.07. The molecule has 0 aromatic carbocycles. The van der Waals surface area contributed by atoms with E-state index in [9.17, 15) is 0 Å². The highest BCUT2D eigenvalue weighted by Gasteiger charge is 2.55. The zero-order chi connectivity index (χ0) is 11.5. The van der Waals surface area contributed by atoms with Gasteiger partial charge in [0.2, 0.25) is 0 Å². The Morgan fingerprint density at radius 1 is 1.24 bits per heavy atom. The van der Waals surface area contributed by atoms with Crippen molar-refractivity contribution in [3.8, 4) is 0 Å². The molecule has 1 aromatic rings. The monoisotopic (exact) mass is 269 g/mol. The van der Waals surface area contributed by atoms with Crippen LogP contribution in [-0.4, -0.2) is 19.7 Å². The molecule has 0 unspecified atom stereocenters. The molecule has 1 saturated heterocycles. The highest BCUT2D eigenvalue weighted by molar-refractivity contribution is 7.16. The number of nitrogens with one attached hydrogen (secondary N) is 1. The molecule has 1 aliphatic carbocycles. The summed E-state index contributed by atoms with van der Waals surface area (Å²) in [7, 11) is 0. The van der Waals surface area contributed by atoms with Crippen molar-refractivity contribution in [3.63, 3.8) is 0 Å². The summed E-state index contributed by atoms with van der Waals surface area (Å²) in [5, 5.41) is 3.42. The average molecular weight is 270 g/mol. The van der Waals surface area contributed by atoms with Gasteiger partial charge in [0, 0.05) is 10.3 Å². The second-order valence-electron chi connectivity index (χ2n) is 5.61. The van der Waals surface area contributed by atoms with Gasteiger partial charge in [0.25, 0.3) is 0 Å². The molecule has 92 valence electrons. The number of fused-ring (bicyclic) bond motifs is 3. The van der Waals surface area contributed by atoms with E-state index < -0.39 is 0 Å². The maximum absolute atomic E-state index is 6.33. The summed E-state index contributed by atoms with van der Waals surface area (Å²) in [6.45, 7) is 3.02. The Morgan fingerprint density at radius 3 is 2.71 bits per heavy atom. The Hall–Kier alpha value is -0.0900. The van der Waals surface area contributed by atoms with Gasteiger partial charge in [-0.3, -0.25) is 0 Å². The van der Waals surface area contributed by atoms with E-state index in [1.165, 1.54) is 23.3 Å². The molecule has 0 radical (unpaired) electrons. The molecule has 2 fully saturated rings. The van der Waals surface area contributed by atoms with E-state index in [0.29, 0.717) is 5.41 Å². The van der Waals surface area contributed by atoms with Crippen molar-refractivity contribution in [3.05, 3.63) is 20.8 Å². The lowest BCUT2D eigenvalue weighted by Gasteiger charge is -2.43. The zero-order valence-corrected chi connectivity index (χ0v) is 11.3. The molecule has 17 heavy (non-hydrogen) atoms. The molecule has 2 aliphatic heterocycles. The molecule has 2 spiro atoms. The summed E-state index contributed by atoms with van der Waals surface area (Å²) >= 11 is 8.05. The number of hydrogen-bond donors (Lipinski definition) is 1. The van der Waals surface area contributed by atoms with Crippen molar-refractivity contribution in [2.24, 2.45) is 0 Å². The molecule has 0 atom stereocenters. The summed E-state index contributed by atoms with van der Waals surface area (Å²) in [6.07, 6.45) is 4.74. The molecule has 1 N–H and O–H groups in total. The van der Waals surface area contributed by atoms with Gasteiger partial charge in [-0.15, -0.1) is 11.3 Å². The summed E-state index contributed by atoms with van der Waals surface area (Å²) in [6, 6.07) is 2.17. The molecule has 2 nitrogen and oxygen atoms in total. The van der Waals surface area contributed by atoms with Crippen LogP contribution in [0.5, 0.6) is 0 Å². The van der Waals surface area contributed by atoms with E-state index >= 15 is 0 Å². The van der Waals surface area contributed by atoms with Gasteiger partial charge in [-0.05, 0) is 50.4 Å². The third kappa shape index (κ3) is 1.46. The summed E-state index contributed by atoms with van der Waals surface area (Å²) in [5.41, 5.74) is 1.74. The number of piperidine rings is 1. The highest BCUT2D eigenvalue weighted by atomic mass is 35.5. The van der Waals surface area contributed by atoms with Crippen LogP contribution in [0.1, 0.15) is 36.1 Å². The molecule has 3 aliphatic rings. The van der Waals surface area contributed by atoms with E-state index in [1.807, 2.05) is 0 Å². The van der Waals surface area contributed by atoms with Crippen molar-refractivity contribution in [1.29, 1.82) is 0 Å². The second kappa shape index (κ2) is 3.47. The number of halogens is 1. The largest absolute Gasteiger partial charge is 0.369 e. The average Bonchev–Trinajstić information content (AvgIpc) is 3.02. The van der Waals surface area contributed by atoms with Crippen molar-refractivity contribution in [1.82, 2.24) is 5.32 Å². The van der Waals surface area contributed by atoms with Gasteiger partial charge in [0.1, 0.15) is 0 Å². The topological polar surface area (TPSA) is 21.3 Å². The minimum Gasteiger partial charge on any atom is -0.369 e. The van der Waals surface area contributed by atoms with Crippen molar-refractivity contribution in [2.45, 2.75) is 36.7 Å². The molecule has 3 heterocycles. The Bertz CT molecular complexity index is 460. The molecule has 1 saturated carbocycles. The fourth-order valence-corrected chi connectivity index (χ4v) is 4.83. The molecular weight excluding hydrogens is 254 g/mol. The first-order valence-corrected chi connectivity index (χ1v) is 7.59. The SMILES string of the molecule is Clc1cc2c(s1)C1(CC1)COC21CCNCC1. The van der Waals surface area contributed by atoms with E-state index in [-0.39, 0.29) is 5.60 Å². The fourth-order valence-electron chi connectivity index (χ4n) is 3.28. The smallest absolute Gasteiger partial charge is 0.0967 e. The maximum Gasteiger partial charge on any atom is 0.0967 e. The predicted octanol–water partition coefficient (Wildman–Crippen LogP) is 3.04. The highest BCUT2D eigenvalue weighted by Crippen LogP contribution is 2.59. The van der Waals surface area contributed by atoms with Crippen LogP contribution in [0.3, 0.4) is 0 Å². The van der Waals surface area contributed by atoms with Crippen LogP contribution in [0, 0.1) is 0 Å². The van der Waals surface area contributed by atoms with Gasteiger partial charge in [0.05, 0.1) is 16.5 Å². The van der Waals surface area contributed by atoms with Crippen molar-refractivity contribution < 1.29 is 4.74 Å². The third-order valence-electron chi connectivity index (χ3n) is 4.56. The lowest BCUT2D eigenvalue weighted by atomic mass is 9.80. The quantitative estimate of drug-likeness (QED) is 0.782. The van der Waals surface area contributed by atoms with Gasteiger partial charge in [0.15, 0.2) is 0 Å². The number of thiophene rings is 1. The summed E-state index contributed by atoms with van der Waals surface area (Å²) < 4.78 is 7.27. The Balaban J connectivity index is 1.84. The van der Waals surface area contributed by atoms with Crippen LogP contribution < -0.4 is 5.32 Å². The lowest BCUT2D eigenvalue weighted by Crippen LogP contribution is -2.46. The lowest BCUT2D eigenvalue weighted by molar-refractivity contribution is -0.0917. The normalized spacial score (nSPS) is 28.3. The van der Waals surface area contributed by atoms with Gasteiger partial charge in [-0.25, -0.2) is 0 Å². The zero-order valence-electron chi connectivity index (χ0n) is 9.72. The molecular formula is C13H16ClNOS. The fraction of sp³-hybridized carbons (Fsp3) is 0.692. The van der Waals surface area contributed by atoms with E-state index in [0.717, 1.165) is 36.9 Å². The van der Waals surface area contributed by atoms with E-state index in [1.54, 1.807) is 11.3 Å². The van der Waals surface area contributed by atoms with Crippen LogP contribution in [0.4, 0.5) is 0 Å². The minimum absolute atomic E-state index is 0.0297. The Labute approximate surface area is 110 Å². The van der Waals surface area contributed by atoms with Crippen molar-refractivity contribution >= 4 is 22.9 Å².